The summed E-state index contributed by atoms with van der Waals surface area (Å²) in [6, 6.07) is 0.527. The largest absolute Gasteiger partial charge is 0.389 e. The number of rotatable bonds is 8. The van der Waals surface area contributed by atoms with Gasteiger partial charge < -0.3 is 10.4 Å². The Balaban J connectivity index is 3.48. The molecule has 0 aliphatic carbocycles. The van der Waals surface area contributed by atoms with Crippen LogP contribution in [0.2, 0.25) is 0 Å². The van der Waals surface area contributed by atoms with E-state index in [1.54, 1.807) is 0 Å². The Morgan fingerprint density at radius 2 is 1.93 bits per heavy atom. The Morgan fingerprint density at radius 3 is 2.43 bits per heavy atom. The zero-order chi connectivity index (χ0) is 11.0. The van der Waals surface area contributed by atoms with Gasteiger partial charge in [0.2, 0.25) is 0 Å². The zero-order valence-corrected chi connectivity index (χ0v) is 10.3. The van der Waals surface area contributed by atoms with Crippen LogP contribution in [0.5, 0.6) is 0 Å². The normalized spacial score (nSPS) is 17.8. The molecule has 0 rings (SSSR count). The van der Waals surface area contributed by atoms with Gasteiger partial charge in [0.05, 0.1) is 5.60 Å². The van der Waals surface area contributed by atoms with Gasteiger partial charge in [0.15, 0.2) is 0 Å². The molecule has 86 valence electrons. The molecule has 0 aromatic heterocycles. The highest BCUT2D eigenvalue weighted by Gasteiger charge is 2.17. The third kappa shape index (κ3) is 7.34. The standard InChI is InChI=1S/C12H27NO/c1-5-7-8-9-11(3)13-10-12(4,14)6-2/h11,13-14H,5-10H2,1-4H3. The van der Waals surface area contributed by atoms with E-state index in [1.807, 2.05) is 13.8 Å². The monoisotopic (exact) mass is 201 g/mol. The summed E-state index contributed by atoms with van der Waals surface area (Å²) in [6.07, 6.45) is 5.91. The van der Waals surface area contributed by atoms with E-state index in [2.05, 4.69) is 19.2 Å². The fourth-order valence-electron chi connectivity index (χ4n) is 1.32. The van der Waals surface area contributed by atoms with Gasteiger partial charge in [-0.1, -0.05) is 33.1 Å². The molecule has 2 N–H and O–H groups in total. The van der Waals surface area contributed by atoms with Gasteiger partial charge in [-0.25, -0.2) is 0 Å². The average Bonchev–Trinajstić information content (AvgIpc) is 2.16. The molecule has 0 saturated carbocycles. The summed E-state index contributed by atoms with van der Waals surface area (Å²) in [7, 11) is 0. The summed E-state index contributed by atoms with van der Waals surface area (Å²) >= 11 is 0. The summed E-state index contributed by atoms with van der Waals surface area (Å²) < 4.78 is 0. The quantitative estimate of drug-likeness (QED) is 0.592. The van der Waals surface area contributed by atoms with Gasteiger partial charge in [-0.15, -0.1) is 0 Å². The van der Waals surface area contributed by atoms with E-state index < -0.39 is 5.60 Å². The van der Waals surface area contributed by atoms with Crippen molar-refractivity contribution in [3.63, 3.8) is 0 Å². The lowest BCUT2D eigenvalue weighted by Gasteiger charge is -2.24. The van der Waals surface area contributed by atoms with E-state index in [1.165, 1.54) is 25.7 Å². The molecule has 2 atom stereocenters. The van der Waals surface area contributed by atoms with E-state index in [0.717, 1.165) is 6.42 Å². The Kier molecular flexibility index (Phi) is 7.20. The maximum absolute atomic E-state index is 9.78. The van der Waals surface area contributed by atoms with Crippen molar-refractivity contribution in [2.24, 2.45) is 0 Å². The van der Waals surface area contributed by atoms with Crippen LogP contribution >= 0.6 is 0 Å². The van der Waals surface area contributed by atoms with Gasteiger partial charge >= 0.3 is 0 Å². The van der Waals surface area contributed by atoms with Crippen LogP contribution in [-0.2, 0) is 0 Å². The fourth-order valence-corrected chi connectivity index (χ4v) is 1.32. The minimum atomic E-state index is -0.543. The fraction of sp³-hybridized carbons (Fsp3) is 1.00. The third-order valence-corrected chi connectivity index (χ3v) is 2.83. The smallest absolute Gasteiger partial charge is 0.0741 e. The number of hydrogen-bond donors (Lipinski definition) is 2. The molecule has 2 nitrogen and oxygen atoms in total. The van der Waals surface area contributed by atoms with Crippen LogP contribution in [0, 0.1) is 0 Å². The van der Waals surface area contributed by atoms with Gasteiger partial charge in [0.25, 0.3) is 0 Å². The highest BCUT2D eigenvalue weighted by molar-refractivity contribution is 4.75. The molecule has 0 aliphatic heterocycles. The minimum Gasteiger partial charge on any atom is -0.389 e. The molecule has 0 aliphatic rings. The first-order valence-corrected chi connectivity index (χ1v) is 5.97. The first-order valence-electron chi connectivity index (χ1n) is 5.97. The maximum atomic E-state index is 9.78. The van der Waals surface area contributed by atoms with Gasteiger partial charge in [-0.2, -0.15) is 0 Å². The van der Waals surface area contributed by atoms with Crippen LogP contribution in [0.3, 0.4) is 0 Å². The molecular weight excluding hydrogens is 174 g/mol. The Hall–Kier alpha value is -0.0800. The predicted molar refractivity (Wildman–Crippen MR) is 62.5 cm³/mol. The van der Waals surface area contributed by atoms with Crippen LogP contribution < -0.4 is 5.32 Å². The second-order valence-electron chi connectivity index (χ2n) is 4.63. The molecule has 14 heavy (non-hydrogen) atoms. The predicted octanol–water partition coefficient (Wildman–Crippen LogP) is 2.71. The molecule has 0 heterocycles. The molecular formula is C12H27NO. The SMILES string of the molecule is CCCCCC(C)NCC(C)(O)CC. The summed E-state index contributed by atoms with van der Waals surface area (Å²) in [5, 5.41) is 13.2. The van der Waals surface area contributed by atoms with Crippen LogP contribution in [0.25, 0.3) is 0 Å². The molecule has 0 fully saturated rings. The summed E-state index contributed by atoms with van der Waals surface area (Å²) in [4.78, 5) is 0. The van der Waals surface area contributed by atoms with Gasteiger partial charge in [0.1, 0.15) is 0 Å². The maximum Gasteiger partial charge on any atom is 0.0741 e. The second kappa shape index (κ2) is 7.24. The summed E-state index contributed by atoms with van der Waals surface area (Å²) in [6.45, 7) is 9.03. The van der Waals surface area contributed by atoms with Crippen LogP contribution in [-0.4, -0.2) is 23.3 Å². The molecule has 0 saturated heterocycles. The average molecular weight is 201 g/mol. The number of aliphatic hydroxyl groups is 1. The van der Waals surface area contributed by atoms with Crippen molar-refractivity contribution >= 4 is 0 Å². The Morgan fingerprint density at radius 1 is 1.29 bits per heavy atom. The van der Waals surface area contributed by atoms with Crippen molar-refractivity contribution in [2.75, 3.05) is 6.54 Å². The highest BCUT2D eigenvalue weighted by Crippen LogP contribution is 2.08. The van der Waals surface area contributed by atoms with Crippen molar-refractivity contribution in [3.8, 4) is 0 Å². The summed E-state index contributed by atoms with van der Waals surface area (Å²) in [5.74, 6) is 0. The molecule has 0 bridgehead atoms. The number of nitrogens with one attached hydrogen (secondary N) is 1. The van der Waals surface area contributed by atoms with Crippen LogP contribution in [0.15, 0.2) is 0 Å². The first-order chi connectivity index (χ1) is 6.52. The lowest BCUT2D eigenvalue weighted by atomic mass is 10.0. The molecule has 2 heteroatoms. The van der Waals surface area contributed by atoms with Crippen LogP contribution in [0.4, 0.5) is 0 Å². The van der Waals surface area contributed by atoms with Crippen molar-refractivity contribution < 1.29 is 5.11 Å². The highest BCUT2D eigenvalue weighted by atomic mass is 16.3. The van der Waals surface area contributed by atoms with E-state index >= 15 is 0 Å². The molecule has 0 radical (unpaired) electrons. The van der Waals surface area contributed by atoms with Crippen molar-refractivity contribution in [2.45, 2.75) is 71.4 Å². The van der Waals surface area contributed by atoms with E-state index in [4.69, 9.17) is 0 Å². The third-order valence-electron chi connectivity index (χ3n) is 2.83. The van der Waals surface area contributed by atoms with Gasteiger partial charge in [-0.05, 0) is 26.7 Å². The lowest BCUT2D eigenvalue weighted by Crippen LogP contribution is -2.41. The van der Waals surface area contributed by atoms with Crippen molar-refractivity contribution in [1.29, 1.82) is 0 Å². The second-order valence-corrected chi connectivity index (χ2v) is 4.63. The number of hydrogen-bond acceptors (Lipinski definition) is 2. The zero-order valence-electron chi connectivity index (χ0n) is 10.3. The number of unbranched alkanes of at least 4 members (excludes halogenated alkanes) is 2. The van der Waals surface area contributed by atoms with Crippen molar-refractivity contribution in [1.82, 2.24) is 5.32 Å². The minimum absolute atomic E-state index is 0.527. The van der Waals surface area contributed by atoms with Gasteiger partial charge in [0, 0.05) is 12.6 Å². The van der Waals surface area contributed by atoms with Crippen molar-refractivity contribution in [3.05, 3.63) is 0 Å². The Labute approximate surface area is 89.1 Å². The molecule has 2 unspecified atom stereocenters. The topological polar surface area (TPSA) is 32.3 Å². The Bertz CT molecular complexity index is 134. The first kappa shape index (κ1) is 13.9. The molecule has 0 aromatic carbocycles. The van der Waals surface area contributed by atoms with E-state index in [9.17, 15) is 5.11 Å². The molecule has 0 amide bonds. The lowest BCUT2D eigenvalue weighted by molar-refractivity contribution is 0.0530. The van der Waals surface area contributed by atoms with Gasteiger partial charge in [-0.3, -0.25) is 0 Å². The van der Waals surface area contributed by atoms with Crippen LogP contribution in [0.1, 0.15) is 59.8 Å². The van der Waals surface area contributed by atoms with E-state index in [-0.39, 0.29) is 0 Å². The molecule has 0 spiro atoms. The van der Waals surface area contributed by atoms with E-state index in [0.29, 0.717) is 12.6 Å². The molecule has 0 aromatic rings. The summed E-state index contributed by atoms with van der Waals surface area (Å²) in [5.41, 5.74) is -0.543.